The number of benzene rings is 2. The Morgan fingerprint density at radius 2 is 1.79 bits per heavy atom. The van der Waals surface area contributed by atoms with E-state index in [-0.39, 0.29) is 29.6 Å². The molecule has 2 amide bonds. The second-order valence-corrected chi connectivity index (χ2v) is 11.1. The lowest BCUT2D eigenvalue weighted by molar-refractivity contribution is -0.143. The number of likely N-dealkylation sites (tertiary alicyclic amines) is 1. The molecule has 2 bridgehead atoms. The summed E-state index contributed by atoms with van der Waals surface area (Å²) in [5.74, 6) is -0.212. The third-order valence-corrected chi connectivity index (χ3v) is 8.89. The van der Waals surface area contributed by atoms with E-state index in [0.717, 1.165) is 42.4 Å². The van der Waals surface area contributed by atoms with Crippen LogP contribution >= 0.6 is 0 Å². The van der Waals surface area contributed by atoms with Gasteiger partial charge in [0.25, 0.3) is 0 Å². The zero-order chi connectivity index (χ0) is 26.2. The Morgan fingerprint density at radius 1 is 1.05 bits per heavy atom. The first-order chi connectivity index (χ1) is 18.5. The molecular weight excluding hydrogens is 481 g/mol. The maximum atomic E-state index is 13.7. The molecule has 200 valence electrons. The van der Waals surface area contributed by atoms with Crippen molar-refractivity contribution in [3.8, 4) is 0 Å². The number of imidazole rings is 1. The van der Waals surface area contributed by atoms with Gasteiger partial charge in [-0.1, -0.05) is 37.3 Å². The van der Waals surface area contributed by atoms with E-state index in [1.807, 2.05) is 37.5 Å². The summed E-state index contributed by atoms with van der Waals surface area (Å²) in [5.41, 5.74) is 2.85. The smallest absolute Gasteiger partial charge is 0.227 e. The van der Waals surface area contributed by atoms with Crippen molar-refractivity contribution >= 4 is 22.8 Å². The Balaban J connectivity index is 1.10. The van der Waals surface area contributed by atoms with E-state index in [0.29, 0.717) is 37.6 Å². The highest BCUT2D eigenvalue weighted by Gasteiger charge is 2.42. The minimum Gasteiger partial charge on any atom is -0.349 e. The zero-order valence-electron chi connectivity index (χ0n) is 21.9. The number of nitrogens with one attached hydrogen (secondary N) is 1. The van der Waals surface area contributed by atoms with Crippen LogP contribution in [0.4, 0.5) is 4.39 Å². The van der Waals surface area contributed by atoms with Crippen LogP contribution in [0.5, 0.6) is 0 Å². The topological polar surface area (TPSA) is 70.5 Å². The second kappa shape index (κ2) is 10.5. The molecule has 3 saturated heterocycles. The number of fused-ring (bicyclic) bond motifs is 3. The van der Waals surface area contributed by atoms with Gasteiger partial charge >= 0.3 is 0 Å². The molecule has 4 atom stereocenters. The van der Waals surface area contributed by atoms with E-state index in [2.05, 4.69) is 31.9 Å². The molecule has 3 fully saturated rings. The van der Waals surface area contributed by atoms with Crippen molar-refractivity contribution in [2.45, 2.75) is 69.6 Å². The van der Waals surface area contributed by atoms with Gasteiger partial charge in [0.2, 0.25) is 11.8 Å². The zero-order valence-corrected chi connectivity index (χ0v) is 21.9. The highest BCUT2D eigenvalue weighted by atomic mass is 19.1. The van der Waals surface area contributed by atoms with Crippen LogP contribution in [0.25, 0.3) is 11.0 Å². The van der Waals surface area contributed by atoms with Gasteiger partial charge in [-0.25, -0.2) is 9.37 Å². The molecule has 3 aromatic rings. The third-order valence-electron chi connectivity index (χ3n) is 8.89. The molecule has 0 aliphatic carbocycles. The number of rotatable bonds is 8. The van der Waals surface area contributed by atoms with Crippen molar-refractivity contribution in [3.05, 3.63) is 66.2 Å². The molecule has 7 nitrogen and oxygen atoms in total. The summed E-state index contributed by atoms with van der Waals surface area (Å²) in [4.78, 5) is 33.8. The lowest BCUT2D eigenvalue weighted by atomic mass is 9.94. The fourth-order valence-electron chi connectivity index (χ4n) is 6.78. The predicted molar refractivity (Wildman–Crippen MR) is 144 cm³/mol. The Kier molecular flexibility index (Phi) is 6.91. The average Bonchev–Trinajstić information content (AvgIpc) is 3.42. The number of nitrogens with zero attached hydrogens (tertiary/aromatic N) is 4. The van der Waals surface area contributed by atoms with Gasteiger partial charge in [0.15, 0.2) is 0 Å². The van der Waals surface area contributed by atoms with Crippen molar-refractivity contribution < 1.29 is 14.0 Å². The van der Waals surface area contributed by atoms with Crippen LogP contribution in [0.3, 0.4) is 0 Å². The van der Waals surface area contributed by atoms with Gasteiger partial charge in [0.1, 0.15) is 5.82 Å². The molecule has 3 aliphatic rings. The Morgan fingerprint density at radius 3 is 2.50 bits per heavy atom. The van der Waals surface area contributed by atoms with E-state index < -0.39 is 0 Å². The van der Waals surface area contributed by atoms with Crippen LogP contribution in [0.15, 0.2) is 54.9 Å². The molecule has 4 heterocycles. The van der Waals surface area contributed by atoms with Crippen molar-refractivity contribution in [2.75, 3.05) is 19.6 Å². The molecule has 0 spiro atoms. The quantitative estimate of drug-likeness (QED) is 0.479. The summed E-state index contributed by atoms with van der Waals surface area (Å²) >= 11 is 0. The van der Waals surface area contributed by atoms with Crippen LogP contribution in [0.1, 0.15) is 63.1 Å². The van der Waals surface area contributed by atoms with Gasteiger partial charge in [0.05, 0.1) is 29.3 Å². The van der Waals surface area contributed by atoms with E-state index in [1.54, 1.807) is 4.90 Å². The maximum Gasteiger partial charge on any atom is 0.227 e. The summed E-state index contributed by atoms with van der Waals surface area (Å²) in [6, 6.07) is 16.4. The average molecular weight is 518 g/mol. The molecule has 3 aliphatic heterocycles. The summed E-state index contributed by atoms with van der Waals surface area (Å²) in [7, 11) is 0. The first-order valence-electron chi connectivity index (χ1n) is 14.0. The molecule has 1 aromatic heterocycles. The molecule has 2 aromatic carbocycles. The van der Waals surface area contributed by atoms with Gasteiger partial charge in [-0.3, -0.25) is 14.5 Å². The van der Waals surface area contributed by atoms with E-state index in [9.17, 15) is 14.0 Å². The Hall–Kier alpha value is -3.26. The fourth-order valence-corrected chi connectivity index (χ4v) is 6.78. The second-order valence-electron chi connectivity index (χ2n) is 11.1. The molecule has 8 heteroatoms. The highest BCUT2D eigenvalue weighted by Crippen LogP contribution is 2.42. The third kappa shape index (κ3) is 4.82. The van der Waals surface area contributed by atoms with Crippen LogP contribution < -0.4 is 5.32 Å². The van der Waals surface area contributed by atoms with Crippen molar-refractivity contribution in [1.82, 2.24) is 24.7 Å². The number of aromatic nitrogens is 2. The summed E-state index contributed by atoms with van der Waals surface area (Å²) in [6.45, 7) is 3.83. The minimum atomic E-state index is -0.248. The van der Waals surface area contributed by atoms with Crippen molar-refractivity contribution in [3.63, 3.8) is 0 Å². The molecule has 6 rings (SSSR count). The molecule has 0 saturated carbocycles. The van der Waals surface area contributed by atoms with Gasteiger partial charge in [-0.05, 0) is 49.8 Å². The predicted octanol–water partition coefficient (Wildman–Crippen LogP) is 4.46. The van der Waals surface area contributed by atoms with Crippen molar-refractivity contribution in [2.24, 2.45) is 5.92 Å². The number of halogens is 1. The largest absolute Gasteiger partial charge is 0.349 e. The van der Waals surface area contributed by atoms with Gasteiger partial charge in [-0.15, -0.1) is 0 Å². The molecule has 0 unspecified atom stereocenters. The lowest BCUT2D eigenvalue weighted by Crippen LogP contribution is -2.56. The monoisotopic (exact) mass is 517 g/mol. The van der Waals surface area contributed by atoms with E-state index in [1.165, 1.54) is 25.0 Å². The van der Waals surface area contributed by atoms with Crippen LogP contribution in [0, 0.1) is 11.7 Å². The normalized spacial score (nSPS) is 24.4. The summed E-state index contributed by atoms with van der Waals surface area (Å²) < 4.78 is 15.9. The van der Waals surface area contributed by atoms with Gasteiger partial charge in [-0.2, -0.15) is 0 Å². The minimum absolute atomic E-state index is 0.0455. The Bertz CT molecular complexity index is 1290. The molecule has 0 radical (unpaired) electrons. The number of carbonyl (C=O) groups excluding carboxylic acids is 2. The van der Waals surface area contributed by atoms with Crippen LogP contribution in [-0.4, -0.2) is 62.9 Å². The number of carbonyl (C=O) groups is 2. The first-order valence-corrected chi connectivity index (χ1v) is 14.0. The standard InChI is InChI=1S/C30H36FN5O2/c1-2-29(37)34-17-21(18-34)30(38)33-26(20-6-4-3-5-7-20)12-13-35-23-9-10-24(35)16-25(15-23)36-19-32-27-14-22(31)8-11-28(27)36/h3-8,11,14,19,21,23-26H,2,9-10,12-13,15-18H2,1H3,(H,33,38)/t23-,24+,25-,26-/m0/s1. The fraction of sp³-hybridized carbons (Fsp3) is 0.500. The van der Waals surface area contributed by atoms with Crippen molar-refractivity contribution in [1.29, 1.82) is 0 Å². The molecule has 38 heavy (non-hydrogen) atoms. The number of hydrogen-bond donors (Lipinski definition) is 1. The number of hydrogen-bond acceptors (Lipinski definition) is 4. The first kappa shape index (κ1) is 25.0. The molecule has 1 N–H and O–H groups in total. The SMILES string of the molecule is CCC(=O)N1CC(C(=O)N[C@@H](CCN2[C@@H]3CC[C@H]2C[C@H](n2cnc4cc(F)ccc42)C3)c2ccccc2)C1. The van der Waals surface area contributed by atoms with E-state index in [4.69, 9.17) is 0 Å². The highest BCUT2D eigenvalue weighted by molar-refractivity contribution is 5.84. The number of amides is 2. The van der Waals surface area contributed by atoms with Crippen LogP contribution in [0.2, 0.25) is 0 Å². The van der Waals surface area contributed by atoms with Gasteiger partial charge in [0, 0.05) is 50.2 Å². The van der Waals surface area contributed by atoms with E-state index >= 15 is 0 Å². The van der Waals surface area contributed by atoms with Crippen LogP contribution in [-0.2, 0) is 9.59 Å². The maximum absolute atomic E-state index is 13.7. The summed E-state index contributed by atoms with van der Waals surface area (Å²) in [6.07, 6.45) is 7.71. The summed E-state index contributed by atoms with van der Waals surface area (Å²) in [5, 5.41) is 3.31. The Labute approximate surface area is 223 Å². The van der Waals surface area contributed by atoms with Gasteiger partial charge < -0.3 is 14.8 Å². The molecular formula is C30H36FN5O2. The number of piperidine rings is 1. The lowest BCUT2D eigenvalue weighted by Gasteiger charge is -2.41.